The van der Waals surface area contributed by atoms with Gasteiger partial charge in [0, 0.05) is 7.05 Å². The van der Waals surface area contributed by atoms with Crippen molar-refractivity contribution < 1.29 is 4.79 Å². The van der Waals surface area contributed by atoms with E-state index >= 15 is 0 Å². The third-order valence-corrected chi connectivity index (χ3v) is 1.25. The number of carbonyl (C=O) groups is 1. The largest absolute Gasteiger partial charge is 0.364 e. The first-order valence-corrected chi connectivity index (χ1v) is 2.91. The van der Waals surface area contributed by atoms with Gasteiger partial charge in [0.25, 0.3) is 5.91 Å². The van der Waals surface area contributed by atoms with Crippen LogP contribution in [-0.2, 0) is 7.05 Å². The minimum atomic E-state index is -0.442. The molecule has 0 atom stereocenters. The molecule has 1 amide bonds. The Morgan fingerprint density at radius 2 is 2.40 bits per heavy atom. The molecule has 0 radical (unpaired) electrons. The summed E-state index contributed by atoms with van der Waals surface area (Å²) in [6.45, 7) is 1.81. The van der Waals surface area contributed by atoms with Crippen molar-refractivity contribution in [1.29, 1.82) is 0 Å². The molecule has 0 spiro atoms. The zero-order chi connectivity index (χ0) is 7.72. The van der Waals surface area contributed by atoms with Crippen molar-refractivity contribution in [3.63, 3.8) is 0 Å². The number of primary amides is 1. The summed E-state index contributed by atoms with van der Waals surface area (Å²) in [5, 5.41) is 3.95. The summed E-state index contributed by atoms with van der Waals surface area (Å²) in [5.74, 6) is -0.442. The molecular weight excluding hydrogens is 130 g/mol. The van der Waals surface area contributed by atoms with Crippen molar-refractivity contribution in [2.24, 2.45) is 12.8 Å². The van der Waals surface area contributed by atoms with Crippen LogP contribution in [0.2, 0.25) is 0 Å². The number of aromatic nitrogens is 2. The standard InChI is InChI=1S/C6H9N3O/c1-4-3-5(6(7)10)9(2)8-4/h3H,1-2H3,(H2,7,10). The van der Waals surface area contributed by atoms with Gasteiger partial charge in [-0.15, -0.1) is 0 Å². The molecule has 0 aliphatic carbocycles. The van der Waals surface area contributed by atoms with E-state index in [9.17, 15) is 4.79 Å². The average molecular weight is 139 g/mol. The van der Waals surface area contributed by atoms with Crippen LogP contribution in [0.25, 0.3) is 0 Å². The number of amides is 1. The van der Waals surface area contributed by atoms with Gasteiger partial charge in [-0.25, -0.2) is 0 Å². The van der Waals surface area contributed by atoms with Crippen molar-refractivity contribution in [2.45, 2.75) is 6.92 Å². The molecule has 0 aliphatic rings. The molecule has 4 heteroatoms. The molecule has 1 aromatic heterocycles. The lowest BCUT2D eigenvalue weighted by Gasteiger charge is -1.92. The molecule has 54 valence electrons. The van der Waals surface area contributed by atoms with Gasteiger partial charge in [0.2, 0.25) is 0 Å². The minimum absolute atomic E-state index is 0.442. The number of rotatable bonds is 1. The highest BCUT2D eigenvalue weighted by atomic mass is 16.1. The van der Waals surface area contributed by atoms with E-state index < -0.39 is 5.91 Å². The molecule has 0 saturated heterocycles. The van der Waals surface area contributed by atoms with Crippen molar-refractivity contribution in [3.05, 3.63) is 17.5 Å². The predicted molar refractivity (Wildman–Crippen MR) is 36.5 cm³/mol. The lowest BCUT2D eigenvalue weighted by atomic mass is 10.3. The molecule has 1 aromatic rings. The van der Waals surface area contributed by atoms with Gasteiger partial charge < -0.3 is 5.73 Å². The quantitative estimate of drug-likeness (QED) is 0.587. The predicted octanol–water partition coefficient (Wildman–Crippen LogP) is -0.173. The second kappa shape index (κ2) is 2.13. The van der Waals surface area contributed by atoms with Crippen molar-refractivity contribution >= 4 is 5.91 Å². The van der Waals surface area contributed by atoms with Crippen LogP contribution < -0.4 is 5.73 Å². The van der Waals surface area contributed by atoms with E-state index in [1.807, 2.05) is 6.92 Å². The molecule has 0 aromatic carbocycles. The normalized spacial score (nSPS) is 9.80. The monoisotopic (exact) mass is 139 g/mol. The first-order valence-electron chi connectivity index (χ1n) is 2.91. The molecular formula is C6H9N3O. The maximum atomic E-state index is 10.6. The molecule has 0 saturated carbocycles. The number of hydrogen-bond acceptors (Lipinski definition) is 2. The Morgan fingerprint density at radius 3 is 2.60 bits per heavy atom. The maximum Gasteiger partial charge on any atom is 0.266 e. The van der Waals surface area contributed by atoms with Gasteiger partial charge in [-0.1, -0.05) is 0 Å². The Balaban J connectivity index is 3.15. The van der Waals surface area contributed by atoms with Gasteiger partial charge in [-0.3, -0.25) is 9.48 Å². The van der Waals surface area contributed by atoms with Crippen LogP contribution in [-0.4, -0.2) is 15.7 Å². The topological polar surface area (TPSA) is 60.9 Å². The highest BCUT2D eigenvalue weighted by Crippen LogP contribution is 1.99. The van der Waals surface area contributed by atoms with Crippen LogP contribution in [0.5, 0.6) is 0 Å². The Labute approximate surface area is 58.6 Å². The number of carbonyl (C=O) groups excluding carboxylic acids is 1. The lowest BCUT2D eigenvalue weighted by molar-refractivity contribution is 0.0991. The van der Waals surface area contributed by atoms with E-state index in [1.165, 1.54) is 4.68 Å². The fourth-order valence-corrected chi connectivity index (χ4v) is 0.841. The van der Waals surface area contributed by atoms with Crippen molar-refractivity contribution in [3.8, 4) is 0 Å². The van der Waals surface area contributed by atoms with Crippen LogP contribution in [0.15, 0.2) is 6.07 Å². The molecule has 0 aliphatic heterocycles. The summed E-state index contributed by atoms with van der Waals surface area (Å²) in [5.41, 5.74) is 6.27. The van der Waals surface area contributed by atoms with Gasteiger partial charge in [-0.2, -0.15) is 5.10 Å². The van der Waals surface area contributed by atoms with Crippen LogP contribution in [0.1, 0.15) is 16.2 Å². The zero-order valence-electron chi connectivity index (χ0n) is 5.96. The summed E-state index contributed by atoms with van der Waals surface area (Å²) in [6.07, 6.45) is 0. The SMILES string of the molecule is Cc1cc(C(N)=O)n(C)n1. The molecule has 0 bridgehead atoms. The number of hydrogen-bond donors (Lipinski definition) is 1. The fraction of sp³-hybridized carbons (Fsp3) is 0.333. The summed E-state index contributed by atoms with van der Waals surface area (Å²) in [6, 6.07) is 1.66. The molecule has 1 rings (SSSR count). The van der Waals surface area contributed by atoms with E-state index in [0.717, 1.165) is 5.69 Å². The molecule has 0 unspecified atom stereocenters. The van der Waals surface area contributed by atoms with E-state index in [1.54, 1.807) is 13.1 Å². The highest BCUT2D eigenvalue weighted by molar-refractivity contribution is 5.91. The second-order valence-corrected chi connectivity index (χ2v) is 2.16. The van der Waals surface area contributed by atoms with Crippen molar-refractivity contribution in [1.82, 2.24) is 9.78 Å². The molecule has 10 heavy (non-hydrogen) atoms. The molecule has 2 N–H and O–H groups in total. The van der Waals surface area contributed by atoms with Gasteiger partial charge in [0.05, 0.1) is 5.69 Å². The van der Waals surface area contributed by atoms with Crippen LogP contribution >= 0.6 is 0 Å². The van der Waals surface area contributed by atoms with E-state index in [-0.39, 0.29) is 0 Å². The summed E-state index contributed by atoms with van der Waals surface area (Å²) in [4.78, 5) is 10.6. The summed E-state index contributed by atoms with van der Waals surface area (Å²) < 4.78 is 1.47. The van der Waals surface area contributed by atoms with Gasteiger partial charge >= 0.3 is 0 Å². The summed E-state index contributed by atoms with van der Waals surface area (Å²) >= 11 is 0. The van der Waals surface area contributed by atoms with Gasteiger partial charge in [-0.05, 0) is 13.0 Å². The van der Waals surface area contributed by atoms with E-state index in [2.05, 4.69) is 5.10 Å². The Morgan fingerprint density at radius 1 is 1.80 bits per heavy atom. The van der Waals surface area contributed by atoms with Crippen LogP contribution in [0.3, 0.4) is 0 Å². The second-order valence-electron chi connectivity index (χ2n) is 2.16. The van der Waals surface area contributed by atoms with Gasteiger partial charge in [0.15, 0.2) is 0 Å². The van der Waals surface area contributed by atoms with Crippen LogP contribution in [0, 0.1) is 6.92 Å². The Kier molecular flexibility index (Phi) is 1.45. The zero-order valence-corrected chi connectivity index (χ0v) is 5.96. The summed E-state index contributed by atoms with van der Waals surface area (Å²) in [7, 11) is 1.69. The molecule has 4 nitrogen and oxygen atoms in total. The Bertz CT molecular complexity index is 264. The first-order chi connectivity index (χ1) is 4.61. The lowest BCUT2D eigenvalue weighted by Crippen LogP contribution is -2.15. The fourth-order valence-electron chi connectivity index (χ4n) is 0.841. The first kappa shape index (κ1) is 6.80. The highest BCUT2D eigenvalue weighted by Gasteiger charge is 2.05. The van der Waals surface area contributed by atoms with Gasteiger partial charge in [0.1, 0.15) is 5.69 Å². The number of aryl methyl sites for hydroxylation is 2. The van der Waals surface area contributed by atoms with Crippen molar-refractivity contribution in [2.75, 3.05) is 0 Å². The third kappa shape index (κ3) is 1.00. The number of nitrogens with two attached hydrogens (primary N) is 1. The smallest absolute Gasteiger partial charge is 0.266 e. The maximum absolute atomic E-state index is 10.6. The van der Waals surface area contributed by atoms with Crippen LogP contribution in [0.4, 0.5) is 0 Å². The minimum Gasteiger partial charge on any atom is -0.364 e. The third-order valence-electron chi connectivity index (χ3n) is 1.25. The molecule has 1 heterocycles. The number of nitrogens with zero attached hydrogens (tertiary/aromatic N) is 2. The van der Waals surface area contributed by atoms with E-state index in [4.69, 9.17) is 5.73 Å². The van der Waals surface area contributed by atoms with E-state index in [0.29, 0.717) is 5.69 Å². The average Bonchev–Trinajstić information content (AvgIpc) is 2.10. The molecule has 0 fully saturated rings. The Hall–Kier alpha value is -1.32.